The molecule has 1 aromatic carbocycles. The van der Waals surface area contributed by atoms with Gasteiger partial charge in [-0.1, -0.05) is 30.3 Å². The Balaban J connectivity index is 2.10. The van der Waals surface area contributed by atoms with Crippen molar-refractivity contribution in [2.75, 3.05) is 6.54 Å². The Hall–Kier alpha value is -0.860. The van der Waals surface area contributed by atoms with E-state index in [-0.39, 0.29) is 5.54 Å². The Labute approximate surface area is 85.5 Å². The van der Waals surface area contributed by atoms with Crippen molar-refractivity contribution in [2.45, 2.75) is 31.3 Å². The molecule has 2 nitrogen and oxygen atoms in total. The Kier molecular flexibility index (Phi) is 2.57. The van der Waals surface area contributed by atoms with Crippen LogP contribution in [0.2, 0.25) is 0 Å². The molecule has 3 N–H and O–H groups in total. The van der Waals surface area contributed by atoms with Gasteiger partial charge in [-0.2, -0.15) is 0 Å². The van der Waals surface area contributed by atoms with Gasteiger partial charge in [-0.3, -0.25) is 0 Å². The molecule has 0 radical (unpaired) electrons. The number of hydrogen-bond acceptors (Lipinski definition) is 2. The van der Waals surface area contributed by atoms with Crippen molar-refractivity contribution in [2.24, 2.45) is 5.73 Å². The first-order valence-corrected chi connectivity index (χ1v) is 5.30. The van der Waals surface area contributed by atoms with Gasteiger partial charge < -0.3 is 11.1 Å². The van der Waals surface area contributed by atoms with Crippen molar-refractivity contribution in [3.05, 3.63) is 35.9 Å². The monoisotopic (exact) mass is 190 g/mol. The minimum Gasteiger partial charge on any atom is -0.329 e. The number of nitrogens with two attached hydrogens (primary N) is 1. The molecular formula is C12H18N2. The number of rotatable bonds is 4. The van der Waals surface area contributed by atoms with Crippen LogP contribution in [0.5, 0.6) is 0 Å². The summed E-state index contributed by atoms with van der Waals surface area (Å²) in [6.45, 7) is 2.84. The van der Waals surface area contributed by atoms with Gasteiger partial charge in [0.05, 0.1) is 0 Å². The molecule has 0 bridgehead atoms. The van der Waals surface area contributed by atoms with Crippen molar-refractivity contribution in [1.82, 2.24) is 5.32 Å². The van der Waals surface area contributed by atoms with Crippen LogP contribution in [0, 0.1) is 0 Å². The number of nitrogens with one attached hydrogen (secondary N) is 1. The fraction of sp³-hybridized carbons (Fsp3) is 0.500. The molecule has 0 aliphatic heterocycles. The van der Waals surface area contributed by atoms with E-state index in [0.717, 1.165) is 0 Å². The second-order valence-corrected chi connectivity index (χ2v) is 4.23. The van der Waals surface area contributed by atoms with Crippen LogP contribution < -0.4 is 11.1 Å². The molecule has 1 saturated carbocycles. The lowest BCUT2D eigenvalue weighted by Crippen LogP contribution is -2.40. The highest BCUT2D eigenvalue weighted by Gasteiger charge is 2.44. The summed E-state index contributed by atoms with van der Waals surface area (Å²) in [5.41, 5.74) is 7.26. The van der Waals surface area contributed by atoms with Crippen LogP contribution >= 0.6 is 0 Å². The van der Waals surface area contributed by atoms with Crippen LogP contribution in [0.25, 0.3) is 0 Å². The van der Waals surface area contributed by atoms with Crippen LogP contribution in [0.3, 0.4) is 0 Å². The van der Waals surface area contributed by atoms with Crippen molar-refractivity contribution < 1.29 is 0 Å². The molecule has 1 unspecified atom stereocenters. The van der Waals surface area contributed by atoms with Crippen LogP contribution in [-0.2, 0) is 5.54 Å². The van der Waals surface area contributed by atoms with Gasteiger partial charge in [-0.25, -0.2) is 0 Å². The maximum absolute atomic E-state index is 5.62. The average molecular weight is 190 g/mol. The standard InChI is InChI=1S/C12H18N2/c1-10(9-13)14-12(7-8-12)11-5-3-2-4-6-11/h2-6,10,14H,7-9,13H2,1H3. The molecule has 1 aliphatic carbocycles. The zero-order valence-electron chi connectivity index (χ0n) is 8.66. The first kappa shape index (κ1) is 9.69. The lowest BCUT2D eigenvalue weighted by molar-refractivity contribution is 0.445. The summed E-state index contributed by atoms with van der Waals surface area (Å²) in [5.74, 6) is 0. The number of benzene rings is 1. The van der Waals surface area contributed by atoms with Gasteiger partial charge in [0.1, 0.15) is 0 Å². The Morgan fingerprint density at radius 2 is 2.00 bits per heavy atom. The van der Waals surface area contributed by atoms with Gasteiger partial charge >= 0.3 is 0 Å². The molecule has 0 saturated heterocycles. The summed E-state index contributed by atoms with van der Waals surface area (Å²) < 4.78 is 0. The van der Waals surface area contributed by atoms with Gasteiger partial charge in [0.25, 0.3) is 0 Å². The van der Waals surface area contributed by atoms with Gasteiger partial charge in [0.2, 0.25) is 0 Å². The fourth-order valence-corrected chi connectivity index (χ4v) is 1.93. The molecule has 14 heavy (non-hydrogen) atoms. The van der Waals surface area contributed by atoms with E-state index in [2.05, 4.69) is 42.6 Å². The van der Waals surface area contributed by atoms with E-state index in [1.807, 2.05) is 0 Å². The maximum Gasteiger partial charge on any atom is 0.0438 e. The second-order valence-electron chi connectivity index (χ2n) is 4.23. The van der Waals surface area contributed by atoms with Crippen LogP contribution in [0.15, 0.2) is 30.3 Å². The van der Waals surface area contributed by atoms with Crippen molar-refractivity contribution in [3.63, 3.8) is 0 Å². The predicted molar refractivity (Wildman–Crippen MR) is 59.0 cm³/mol. The zero-order chi connectivity index (χ0) is 10.0. The summed E-state index contributed by atoms with van der Waals surface area (Å²) in [6, 6.07) is 11.1. The van der Waals surface area contributed by atoms with Gasteiger partial charge in [0.15, 0.2) is 0 Å². The molecule has 0 spiro atoms. The van der Waals surface area contributed by atoms with E-state index >= 15 is 0 Å². The molecule has 0 amide bonds. The average Bonchev–Trinajstić information content (AvgIpc) is 3.00. The van der Waals surface area contributed by atoms with Crippen molar-refractivity contribution in [1.29, 1.82) is 0 Å². The normalized spacial score (nSPS) is 20.4. The fourth-order valence-electron chi connectivity index (χ4n) is 1.93. The molecule has 76 valence electrons. The Morgan fingerprint density at radius 1 is 1.36 bits per heavy atom. The summed E-state index contributed by atoms with van der Waals surface area (Å²) in [7, 11) is 0. The summed E-state index contributed by atoms with van der Waals surface area (Å²) in [6.07, 6.45) is 2.47. The summed E-state index contributed by atoms with van der Waals surface area (Å²) in [4.78, 5) is 0. The Bertz CT molecular complexity index is 290. The largest absolute Gasteiger partial charge is 0.329 e. The predicted octanol–water partition coefficient (Wildman–Crippen LogP) is 1.61. The van der Waals surface area contributed by atoms with Crippen LogP contribution in [-0.4, -0.2) is 12.6 Å². The molecular weight excluding hydrogens is 172 g/mol. The second kappa shape index (κ2) is 3.71. The van der Waals surface area contributed by atoms with Gasteiger partial charge in [-0.05, 0) is 25.3 Å². The lowest BCUT2D eigenvalue weighted by Gasteiger charge is -2.22. The molecule has 2 heteroatoms. The van der Waals surface area contributed by atoms with Crippen molar-refractivity contribution >= 4 is 0 Å². The molecule has 1 fully saturated rings. The number of hydrogen-bond donors (Lipinski definition) is 2. The first-order valence-electron chi connectivity index (χ1n) is 5.30. The molecule has 1 aromatic rings. The van der Waals surface area contributed by atoms with Crippen LogP contribution in [0.4, 0.5) is 0 Å². The highest BCUT2D eigenvalue weighted by atomic mass is 15.1. The first-order chi connectivity index (χ1) is 6.77. The molecule has 2 rings (SSSR count). The van der Waals surface area contributed by atoms with Crippen LogP contribution in [0.1, 0.15) is 25.3 Å². The van der Waals surface area contributed by atoms with E-state index in [1.54, 1.807) is 0 Å². The molecule has 0 aromatic heterocycles. The maximum atomic E-state index is 5.62. The van der Waals surface area contributed by atoms with Gasteiger partial charge in [0, 0.05) is 18.1 Å². The third-order valence-electron chi connectivity index (χ3n) is 2.95. The van der Waals surface area contributed by atoms with E-state index < -0.39 is 0 Å². The zero-order valence-corrected chi connectivity index (χ0v) is 8.66. The summed E-state index contributed by atoms with van der Waals surface area (Å²) >= 11 is 0. The molecule has 1 aliphatic rings. The van der Waals surface area contributed by atoms with E-state index in [0.29, 0.717) is 12.6 Å². The third kappa shape index (κ3) is 1.81. The minimum absolute atomic E-state index is 0.236. The highest BCUT2D eigenvalue weighted by molar-refractivity contribution is 5.30. The smallest absolute Gasteiger partial charge is 0.0438 e. The summed E-state index contributed by atoms with van der Waals surface area (Å²) in [5, 5.41) is 3.61. The minimum atomic E-state index is 0.236. The highest BCUT2D eigenvalue weighted by Crippen LogP contribution is 2.45. The topological polar surface area (TPSA) is 38.0 Å². The lowest BCUT2D eigenvalue weighted by atomic mass is 10.0. The molecule has 1 atom stereocenters. The van der Waals surface area contributed by atoms with E-state index in [4.69, 9.17) is 5.73 Å². The van der Waals surface area contributed by atoms with Gasteiger partial charge in [-0.15, -0.1) is 0 Å². The quantitative estimate of drug-likeness (QED) is 0.757. The SMILES string of the molecule is CC(CN)NC1(c2ccccc2)CC1. The Morgan fingerprint density at radius 3 is 2.50 bits per heavy atom. The van der Waals surface area contributed by atoms with E-state index in [1.165, 1.54) is 18.4 Å². The third-order valence-corrected chi connectivity index (χ3v) is 2.95. The van der Waals surface area contributed by atoms with Crippen molar-refractivity contribution in [3.8, 4) is 0 Å². The van der Waals surface area contributed by atoms with E-state index in [9.17, 15) is 0 Å². The molecule has 0 heterocycles.